The summed E-state index contributed by atoms with van der Waals surface area (Å²) in [6.07, 6.45) is 1.02. The minimum Gasteiger partial charge on any atom is -0.437 e. The fourth-order valence-electron chi connectivity index (χ4n) is 1.37. The van der Waals surface area contributed by atoms with Crippen LogP contribution in [0, 0.1) is 11.6 Å². The van der Waals surface area contributed by atoms with E-state index in [0.29, 0.717) is 10.0 Å². The highest BCUT2D eigenvalue weighted by molar-refractivity contribution is 9.10. The van der Waals surface area contributed by atoms with Gasteiger partial charge in [-0.25, -0.2) is 13.8 Å². The predicted molar refractivity (Wildman–Crippen MR) is 66.3 cm³/mol. The third kappa shape index (κ3) is 2.83. The lowest BCUT2D eigenvalue weighted by molar-refractivity contribution is 0.445. The average Bonchev–Trinajstić information content (AvgIpc) is 2.36. The summed E-state index contributed by atoms with van der Waals surface area (Å²) in [5.74, 6) is -0.528. The summed E-state index contributed by atoms with van der Waals surface area (Å²) >= 11 is 3.22. The highest BCUT2D eigenvalue weighted by Crippen LogP contribution is 2.30. The van der Waals surface area contributed by atoms with E-state index in [1.807, 2.05) is 0 Å². The quantitative estimate of drug-likeness (QED) is 0.945. The van der Waals surface area contributed by atoms with Crippen LogP contribution in [0.25, 0.3) is 0 Å². The van der Waals surface area contributed by atoms with Crippen LogP contribution < -0.4 is 10.5 Å². The molecule has 1 heterocycles. The fraction of sp³-hybridized carbons (Fsp3) is 0.0833. The smallest absolute Gasteiger partial charge is 0.223 e. The van der Waals surface area contributed by atoms with E-state index in [9.17, 15) is 8.78 Å². The van der Waals surface area contributed by atoms with E-state index in [0.717, 1.165) is 6.20 Å². The second-order valence-electron chi connectivity index (χ2n) is 3.50. The fourth-order valence-corrected chi connectivity index (χ4v) is 1.69. The third-order valence-corrected chi connectivity index (χ3v) is 2.87. The highest BCUT2D eigenvalue weighted by Gasteiger charge is 2.10. The first-order chi connectivity index (χ1) is 8.60. The van der Waals surface area contributed by atoms with E-state index in [4.69, 9.17) is 10.5 Å². The van der Waals surface area contributed by atoms with Crippen LogP contribution in [0.2, 0.25) is 0 Å². The standard InChI is InChI=1S/C12H9BrF2N2O/c13-10-2-1-8(14)4-11(10)18-12-7(5-16)3-9(15)6-17-12/h1-4,6H,5,16H2. The molecule has 0 aliphatic carbocycles. The van der Waals surface area contributed by atoms with Crippen LogP contribution in [0.3, 0.4) is 0 Å². The van der Waals surface area contributed by atoms with Gasteiger partial charge in [0.15, 0.2) is 0 Å². The van der Waals surface area contributed by atoms with E-state index >= 15 is 0 Å². The van der Waals surface area contributed by atoms with Crippen molar-refractivity contribution in [2.24, 2.45) is 5.73 Å². The van der Waals surface area contributed by atoms with Crippen molar-refractivity contribution in [3.05, 3.63) is 52.1 Å². The molecule has 6 heteroatoms. The van der Waals surface area contributed by atoms with Crippen molar-refractivity contribution in [3.8, 4) is 11.6 Å². The van der Waals surface area contributed by atoms with Crippen molar-refractivity contribution < 1.29 is 13.5 Å². The van der Waals surface area contributed by atoms with E-state index < -0.39 is 11.6 Å². The Balaban J connectivity index is 2.36. The van der Waals surface area contributed by atoms with Crippen molar-refractivity contribution >= 4 is 15.9 Å². The highest BCUT2D eigenvalue weighted by atomic mass is 79.9. The maximum absolute atomic E-state index is 13.1. The second-order valence-corrected chi connectivity index (χ2v) is 4.35. The van der Waals surface area contributed by atoms with E-state index in [-0.39, 0.29) is 18.2 Å². The van der Waals surface area contributed by atoms with Crippen LogP contribution in [0.4, 0.5) is 8.78 Å². The molecule has 0 aliphatic rings. The van der Waals surface area contributed by atoms with Crippen molar-refractivity contribution in [1.82, 2.24) is 4.98 Å². The first kappa shape index (κ1) is 12.9. The number of nitrogens with zero attached hydrogens (tertiary/aromatic N) is 1. The molecule has 2 rings (SSSR count). The Morgan fingerprint density at radius 2 is 2.00 bits per heavy atom. The molecule has 1 aromatic heterocycles. The van der Waals surface area contributed by atoms with Gasteiger partial charge in [0, 0.05) is 18.2 Å². The van der Waals surface area contributed by atoms with Gasteiger partial charge in [-0.2, -0.15) is 0 Å². The molecule has 0 saturated heterocycles. The number of rotatable bonds is 3. The lowest BCUT2D eigenvalue weighted by Gasteiger charge is -2.10. The Hall–Kier alpha value is -1.53. The molecule has 0 spiro atoms. The number of hydrogen-bond donors (Lipinski definition) is 1. The number of aromatic nitrogens is 1. The predicted octanol–water partition coefficient (Wildman–Crippen LogP) is 3.37. The summed E-state index contributed by atoms with van der Waals surface area (Å²) in [6, 6.07) is 5.24. The maximum atomic E-state index is 13.1. The van der Waals surface area contributed by atoms with Gasteiger partial charge in [-0.3, -0.25) is 0 Å². The number of nitrogens with two attached hydrogens (primary N) is 1. The molecule has 18 heavy (non-hydrogen) atoms. The number of halogens is 3. The normalized spacial score (nSPS) is 10.4. The monoisotopic (exact) mass is 314 g/mol. The van der Waals surface area contributed by atoms with E-state index in [1.54, 1.807) is 0 Å². The molecule has 0 bridgehead atoms. The molecule has 0 radical (unpaired) electrons. The van der Waals surface area contributed by atoms with Crippen molar-refractivity contribution in [2.75, 3.05) is 0 Å². The van der Waals surface area contributed by atoms with Crippen molar-refractivity contribution in [2.45, 2.75) is 6.54 Å². The van der Waals surface area contributed by atoms with Gasteiger partial charge in [-0.1, -0.05) is 0 Å². The van der Waals surface area contributed by atoms with E-state index in [2.05, 4.69) is 20.9 Å². The first-order valence-electron chi connectivity index (χ1n) is 5.07. The zero-order valence-electron chi connectivity index (χ0n) is 9.16. The third-order valence-electron chi connectivity index (χ3n) is 2.21. The summed E-state index contributed by atoms with van der Waals surface area (Å²) in [5, 5.41) is 0. The molecule has 1 aromatic carbocycles. The lowest BCUT2D eigenvalue weighted by atomic mass is 10.2. The molecule has 2 aromatic rings. The SMILES string of the molecule is NCc1cc(F)cnc1Oc1cc(F)ccc1Br. The summed E-state index contributed by atoms with van der Waals surface area (Å²) in [6.45, 7) is 0.0764. The molecule has 0 fully saturated rings. The first-order valence-corrected chi connectivity index (χ1v) is 5.87. The molecular weight excluding hydrogens is 306 g/mol. The van der Waals surface area contributed by atoms with Gasteiger partial charge >= 0.3 is 0 Å². The molecule has 0 unspecified atom stereocenters. The minimum atomic E-state index is -0.499. The van der Waals surface area contributed by atoms with Crippen LogP contribution in [-0.4, -0.2) is 4.98 Å². The number of hydrogen-bond acceptors (Lipinski definition) is 3. The molecule has 0 atom stereocenters. The molecule has 3 nitrogen and oxygen atoms in total. The van der Waals surface area contributed by atoms with Crippen LogP contribution in [0.1, 0.15) is 5.56 Å². The second kappa shape index (κ2) is 5.41. The molecular formula is C12H9BrF2N2O. The Labute approximate surface area is 111 Å². The topological polar surface area (TPSA) is 48.1 Å². The van der Waals surface area contributed by atoms with Gasteiger partial charge in [0.25, 0.3) is 0 Å². The van der Waals surface area contributed by atoms with Gasteiger partial charge in [-0.05, 0) is 34.1 Å². The summed E-state index contributed by atoms with van der Waals surface area (Å²) in [7, 11) is 0. The van der Waals surface area contributed by atoms with Gasteiger partial charge in [0.05, 0.1) is 10.7 Å². The summed E-state index contributed by atoms with van der Waals surface area (Å²) < 4.78 is 32.1. The minimum absolute atomic E-state index is 0.0764. The van der Waals surface area contributed by atoms with Gasteiger partial charge in [-0.15, -0.1) is 0 Å². The van der Waals surface area contributed by atoms with Gasteiger partial charge < -0.3 is 10.5 Å². The lowest BCUT2D eigenvalue weighted by Crippen LogP contribution is -2.02. The Morgan fingerprint density at radius 1 is 1.22 bits per heavy atom. The van der Waals surface area contributed by atoms with Crippen molar-refractivity contribution in [1.29, 1.82) is 0 Å². The maximum Gasteiger partial charge on any atom is 0.223 e. The zero-order valence-corrected chi connectivity index (χ0v) is 10.7. The van der Waals surface area contributed by atoms with Crippen LogP contribution in [0.5, 0.6) is 11.6 Å². The molecule has 0 amide bonds. The molecule has 2 N–H and O–H groups in total. The van der Waals surface area contributed by atoms with Crippen LogP contribution >= 0.6 is 15.9 Å². The number of pyridine rings is 1. The Kier molecular flexibility index (Phi) is 3.88. The Morgan fingerprint density at radius 3 is 2.72 bits per heavy atom. The largest absolute Gasteiger partial charge is 0.437 e. The van der Waals surface area contributed by atoms with Crippen LogP contribution in [0.15, 0.2) is 34.9 Å². The average molecular weight is 315 g/mol. The van der Waals surface area contributed by atoms with E-state index in [1.165, 1.54) is 24.3 Å². The molecule has 0 aliphatic heterocycles. The number of ether oxygens (including phenoxy) is 1. The van der Waals surface area contributed by atoms with Crippen LogP contribution in [-0.2, 0) is 6.54 Å². The van der Waals surface area contributed by atoms with Gasteiger partial charge in [0.1, 0.15) is 17.4 Å². The van der Waals surface area contributed by atoms with Gasteiger partial charge in [0.2, 0.25) is 5.88 Å². The summed E-state index contributed by atoms with van der Waals surface area (Å²) in [4.78, 5) is 3.79. The molecule has 94 valence electrons. The Bertz CT molecular complexity index is 578. The number of benzene rings is 1. The van der Waals surface area contributed by atoms with Crippen molar-refractivity contribution in [3.63, 3.8) is 0 Å². The summed E-state index contributed by atoms with van der Waals surface area (Å²) in [5.41, 5.74) is 5.88. The zero-order chi connectivity index (χ0) is 13.1. The molecule has 0 saturated carbocycles.